The fraction of sp³-hybridized carbons (Fsp3) is 0.778. The SMILES string of the molecule is CC(=O)[O-].CO[C@H]1[CH][C@H](O)CCC1.[Hg+]. The van der Waals surface area contributed by atoms with Gasteiger partial charge >= 0.3 is 27.7 Å². The Morgan fingerprint density at radius 2 is 2.07 bits per heavy atom. The number of methoxy groups -OCH3 is 1. The van der Waals surface area contributed by atoms with E-state index in [9.17, 15) is 0 Å². The molecule has 1 rings (SSSR count). The Labute approximate surface area is 105 Å². The van der Waals surface area contributed by atoms with E-state index in [0.717, 1.165) is 26.2 Å². The minimum absolute atomic E-state index is 0. The molecule has 4 nitrogen and oxygen atoms in total. The van der Waals surface area contributed by atoms with Gasteiger partial charge in [0.1, 0.15) is 0 Å². The maximum absolute atomic E-state index is 9.08. The summed E-state index contributed by atoms with van der Waals surface area (Å²) in [5.41, 5.74) is 0. The average Bonchev–Trinajstić information content (AvgIpc) is 2.03. The van der Waals surface area contributed by atoms with Crippen molar-refractivity contribution in [1.82, 2.24) is 0 Å². The van der Waals surface area contributed by atoms with Crippen molar-refractivity contribution in [2.45, 2.75) is 38.4 Å². The smallest absolute Gasteiger partial charge is 0.550 e. The molecule has 0 saturated heterocycles. The van der Waals surface area contributed by atoms with Crippen LogP contribution < -0.4 is 5.11 Å². The number of carbonyl (C=O) groups is 1. The van der Waals surface area contributed by atoms with Crippen LogP contribution in [0, 0.1) is 6.42 Å². The summed E-state index contributed by atoms with van der Waals surface area (Å²) in [4.78, 5) is 8.89. The van der Waals surface area contributed by atoms with Gasteiger partial charge in [-0.05, 0) is 26.2 Å². The Bertz CT molecular complexity index is 148. The Hall–Kier alpha value is 0.325. The molecule has 0 unspecified atom stereocenters. The molecule has 0 aliphatic heterocycles. The van der Waals surface area contributed by atoms with E-state index in [2.05, 4.69) is 0 Å². The number of carboxylic acids is 1. The third kappa shape index (κ3) is 10.4. The second kappa shape index (κ2) is 9.86. The topological polar surface area (TPSA) is 69.6 Å². The Kier molecular flexibility index (Phi) is 11.8. The predicted octanol–water partition coefficient (Wildman–Crippen LogP) is -0.496. The van der Waals surface area contributed by atoms with Crippen LogP contribution in [-0.2, 0) is 37.2 Å². The Balaban J connectivity index is 0. The molecule has 1 saturated carbocycles. The maximum atomic E-state index is 9.08. The molecule has 14 heavy (non-hydrogen) atoms. The van der Waals surface area contributed by atoms with Crippen molar-refractivity contribution in [3.63, 3.8) is 0 Å². The van der Waals surface area contributed by atoms with Crippen LogP contribution in [-0.4, -0.2) is 30.4 Å². The number of aliphatic hydroxyl groups is 1. The van der Waals surface area contributed by atoms with Gasteiger partial charge in [-0.3, -0.25) is 0 Å². The minimum Gasteiger partial charge on any atom is -0.550 e. The number of aliphatic carboxylic acids is 1. The molecule has 1 N–H and O–H groups in total. The van der Waals surface area contributed by atoms with Gasteiger partial charge in [0.15, 0.2) is 0 Å². The monoisotopic (exact) mass is 390 g/mol. The summed E-state index contributed by atoms with van der Waals surface area (Å²) < 4.78 is 5.05. The maximum Gasteiger partial charge on any atom is 1.00 e. The number of hydrogen-bond acceptors (Lipinski definition) is 4. The third-order valence-corrected chi connectivity index (χ3v) is 1.73. The zero-order valence-electron chi connectivity index (χ0n) is 8.73. The molecule has 1 aliphatic carbocycles. The second-order valence-electron chi connectivity index (χ2n) is 2.96. The van der Waals surface area contributed by atoms with Crippen molar-refractivity contribution < 1.29 is 47.4 Å². The first-order valence-electron chi connectivity index (χ1n) is 4.29. The van der Waals surface area contributed by atoms with Gasteiger partial charge in [-0.1, -0.05) is 0 Å². The first-order valence-corrected chi connectivity index (χ1v) is 4.29. The summed E-state index contributed by atoms with van der Waals surface area (Å²) in [6.45, 7) is 0.972. The van der Waals surface area contributed by atoms with Crippen LogP contribution in [0.3, 0.4) is 0 Å². The number of aliphatic hydroxyl groups excluding tert-OH is 1. The van der Waals surface area contributed by atoms with Gasteiger partial charge < -0.3 is 19.7 Å². The molecule has 0 aromatic rings. The molecule has 0 spiro atoms. The van der Waals surface area contributed by atoms with E-state index < -0.39 is 5.97 Å². The first kappa shape index (κ1) is 16.7. The molecule has 2 radical (unpaired) electrons. The van der Waals surface area contributed by atoms with Gasteiger partial charge in [-0.2, -0.15) is 0 Å². The first-order chi connectivity index (χ1) is 6.06. The van der Waals surface area contributed by atoms with Crippen molar-refractivity contribution in [3.8, 4) is 0 Å². The quantitative estimate of drug-likeness (QED) is 0.615. The van der Waals surface area contributed by atoms with E-state index in [-0.39, 0.29) is 39.9 Å². The molecule has 0 bridgehead atoms. The largest absolute Gasteiger partial charge is 1.00 e. The van der Waals surface area contributed by atoms with Crippen LogP contribution >= 0.6 is 0 Å². The molecule has 1 aliphatic rings. The van der Waals surface area contributed by atoms with Gasteiger partial charge in [0.05, 0.1) is 12.2 Å². The van der Waals surface area contributed by atoms with Crippen molar-refractivity contribution in [1.29, 1.82) is 0 Å². The van der Waals surface area contributed by atoms with E-state index >= 15 is 0 Å². The molecule has 0 heterocycles. The molecule has 0 amide bonds. The van der Waals surface area contributed by atoms with E-state index in [1.165, 1.54) is 0 Å². The zero-order valence-corrected chi connectivity index (χ0v) is 14.2. The fourth-order valence-electron chi connectivity index (χ4n) is 1.16. The van der Waals surface area contributed by atoms with Gasteiger partial charge in [-0.15, -0.1) is 0 Å². The molecule has 2 atom stereocenters. The van der Waals surface area contributed by atoms with Crippen LogP contribution in [0.15, 0.2) is 0 Å². The number of rotatable bonds is 1. The number of carbonyl (C=O) groups excluding carboxylic acids is 1. The standard InChI is InChI=1S/C7H13O2.C2H4O2.Hg/c1-9-7-4-2-3-6(8)5-7;1-2(3)4;/h5-8H,2-4H2,1H3;1H3,(H,3,4);/q;;+1/p-1/t6-,7-;;/m1../s1. The number of hydrogen-bond donors (Lipinski definition) is 1. The fourth-order valence-corrected chi connectivity index (χ4v) is 1.16. The van der Waals surface area contributed by atoms with Crippen molar-refractivity contribution in [3.05, 3.63) is 6.42 Å². The van der Waals surface area contributed by atoms with Gasteiger partial charge in [-0.25, -0.2) is 0 Å². The van der Waals surface area contributed by atoms with E-state index in [1.54, 1.807) is 7.11 Å². The molecule has 0 aromatic heterocycles. The summed E-state index contributed by atoms with van der Waals surface area (Å²) in [5.74, 6) is -1.08. The molecular formula is C9H16HgO4. The summed E-state index contributed by atoms with van der Waals surface area (Å²) in [6.07, 6.45) is 4.87. The molecule has 5 heteroatoms. The van der Waals surface area contributed by atoms with Crippen molar-refractivity contribution >= 4 is 5.97 Å². The molecular weight excluding hydrogens is 373 g/mol. The van der Waals surface area contributed by atoms with Gasteiger partial charge in [0, 0.05) is 19.5 Å². The van der Waals surface area contributed by atoms with E-state index in [0.29, 0.717) is 0 Å². The van der Waals surface area contributed by atoms with Gasteiger partial charge in [0.2, 0.25) is 0 Å². The minimum atomic E-state index is -1.08. The van der Waals surface area contributed by atoms with Crippen LogP contribution in [0.5, 0.6) is 0 Å². The van der Waals surface area contributed by atoms with Crippen LogP contribution in [0.25, 0.3) is 0 Å². The Morgan fingerprint density at radius 3 is 2.36 bits per heavy atom. The summed E-state index contributed by atoms with van der Waals surface area (Å²) >= 11 is 0. The number of carboxylic acid groups (broad SMARTS) is 1. The average molecular weight is 389 g/mol. The predicted molar refractivity (Wildman–Crippen MR) is 45.6 cm³/mol. The van der Waals surface area contributed by atoms with Crippen LogP contribution in [0.1, 0.15) is 26.2 Å². The van der Waals surface area contributed by atoms with Gasteiger partial charge in [0.25, 0.3) is 0 Å². The van der Waals surface area contributed by atoms with Crippen molar-refractivity contribution in [2.75, 3.05) is 7.11 Å². The summed E-state index contributed by atoms with van der Waals surface area (Å²) in [7, 11) is 1.68. The van der Waals surface area contributed by atoms with Crippen LogP contribution in [0.4, 0.5) is 0 Å². The molecule has 78 valence electrons. The van der Waals surface area contributed by atoms with E-state index in [1.807, 2.05) is 6.42 Å². The van der Waals surface area contributed by atoms with Crippen LogP contribution in [0.2, 0.25) is 0 Å². The zero-order chi connectivity index (χ0) is 10.3. The third-order valence-electron chi connectivity index (χ3n) is 1.73. The van der Waals surface area contributed by atoms with E-state index in [4.69, 9.17) is 19.7 Å². The second-order valence-corrected chi connectivity index (χ2v) is 2.96. The molecule has 1 fully saturated rings. The Morgan fingerprint density at radius 1 is 1.57 bits per heavy atom. The normalized spacial score (nSPS) is 25.4. The molecule has 0 aromatic carbocycles. The summed E-state index contributed by atoms with van der Waals surface area (Å²) in [6, 6.07) is 0. The van der Waals surface area contributed by atoms with Crippen molar-refractivity contribution in [2.24, 2.45) is 0 Å². The number of ether oxygens (including phenoxy) is 1. The summed E-state index contributed by atoms with van der Waals surface area (Å²) in [5, 5.41) is 18.0.